The van der Waals surface area contributed by atoms with Crippen molar-refractivity contribution in [1.29, 1.82) is 0 Å². The van der Waals surface area contributed by atoms with Crippen molar-refractivity contribution in [1.82, 2.24) is 4.90 Å². The van der Waals surface area contributed by atoms with Crippen LogP contribution in [0.4, 0.5) is 5.69 Å². The molecule has 5 nitrogen and oxygen atoms in total. The minimum absolute atomic E-state index is 0.202. The van der Waals surface area contributed by atoms with Crippen molar-refractivity contribution < 1.29 is 14.3 Å². The fourth-order valence-electron chi connectivity index (χ4n) is 3.71. The highest BCUT2D eigenvalue weighted by atomic mass is 16.3. The van der Waals surface area contributed by atoms with Gasteiger partial charge in [-0.1, -0.05) is 6.92 Å². The van der Waals surface area contributed by atoms with Crippen molar-refractivity contribution in [3.8, 4) is 5.75 Å². The first kappa shape index (κ1) is 17.0. The van der Waals surface area contributed by atoms with Crippen molar-refractivity contribution in [3.05, 3.63) is 47.9 Å². The second kappa shape index (κ2) is 7.06. The Morgan fingerprint density at radius 2 is 1.81 bits per heavy atom. The fourth-order valence-corrected chi connectivity index (χ4v) is 3.71. The van der Waals surface area contributed by atoms with Gasteiger partial charge >= 0.3 is 0 Å². The molecule has 1 aromatic heterocycles. The van der Waals surface area contributed by atoms with Gasteiger partial charge in [-0.15, -0.1) is 0 Å². The van der Waals surface area contributed by atoms with Crippen molar-refractivity contribution in [2.45, 2.75) is 32.1 Å². The molecule has 1 N–H and O–H groups in total. The summed E-state index contributed by atoms with van der Waals surface area (Å²) in [7, 11) is 0. The monoisotopic (exact) mass is 354 g/mol. The number of piperazine rings is 1. The van der Waals surface area contributed by atoms with E-state index in [0.29, 0.717) is 18.8 Å². The molecule has 0 bridgehead atoms. The maximum atomic E-state index is 12.5. The number of anilines is 1. The predicted octanol–water partition coefficient (Wildman–Crippen LogP) is 3.39. The number of furan rings is 1. The molecular weight excluding hydrogens is 328 g/mol. The summed E-state index contributed by atoms with van der Waals surface area (Å²) in [6, 6.07) is 11.3. The molecule has 0 radical (unpaired) electrons. The van der Waals surface area contributed by atoms with Gasteiger partial charge in [0.2, 0.25) is 5.91 Å². The highest BCUT2D eigenvalue weighted by Crippen LogP contribution is 2.47. The van der Waals surface area contributed by atoms with Crippen molar-refractivity contribution >= 4 is 11.6 Å². The number of hydrogen-bond acceptors (Lipinski definition) is 4. The maximum absolute atomic E-state index is 12.5. The summed E-state index contributed by atoms with van der Waals surface area (Å²) in [5.41, 5.74) is 1.09. The number of rotatable bonds is 5. The number of nitrogens with zero attached hydrogens (tertiary/aromatic N) is 2. The highest BCUT2D eigenvalue weighted by molar-refractivity contribution is 5.76. The van der Waals surface area contributed by atoms with E-state index in [0.717, 1.165) is 49.3 Å². The molecule has 138 valence electrons. The van der Waals surface area contributed by atoms with E-state index in [9.17, 15) is 9.90 Å². The van der Waals surface area contributed by atoms with Gasteiger partial charge in [0.15, 0.2) is 0 Å². The molecule has 1 saturated carbocycles. The molecule has 0 unspecified atom stereocenters. The van der Waals surface area contributed by atoms with E-state index in [1.807, 2.05) is 23.1 Å². The van der Waals surface area contributed by atoms with Crippen molar-refractivity contribution in [2.24, 2.45) is 5.92 Å². The summed E-state index contributed by atoms with van der Waals surface area (Å²) in [4.78, 5) is 16.7. The highest BCUT2D eigenvalue weighted by Gasteiger charge is 2.36. The fraction of sp³-hybridized carbons (Fsp3) is 0.476. The molecule has 2 aliphatic rings. The number of phenolic OH excluding ortho intramolecular Hbond substituents is 1. The number of benzene rings is 1. The zero-order valence-corrected chi connectivity index (χ0v) is 15.2. The molecule has 2 heterocycles. The summed E-state index contributed by atoms with van der Waals surface area (Å²) >= 11 is 0. The van der Waals surface area contributed by atoms with Gasteiger partial charge in [0.25, 0.3) is 0 Å². The van der Waals surface area contributed by atoms with E-state index in [1.165, 1.54) is 6.42 Å². The number of aryl methyl sites for hydroxylation is 1. The lowest BCUT2D eigenvalue weighted by Crippen LogP contribution is -2.48. The van der Waals surface area contributed by atoms with Crippen LogP contribution in [-0.4, -0.2) is 42.1 Å². The third-order valence-corrected chi connectivity index (χ3v) is 5.59. The van der Waals surface area contributed by atoms with Gasteiger partial charge in [0.05, 0.1) is 0 Å². The lowest BCUT2D eigenvalue weighted by atomic mass is 10.2. The minimum atomic E-state index is 0.202. The second-order valence-electron chi connectivity index (χ2n) is 7.51. The summed E-state index contributed by atoms with van der Waals surface area (Å²) in [6.45, 7) is 5.36. The summed E-state index contributed by atoms with van der Waals surface area (Å²) in [5.74, 6) is 3.82. The number of hydrogen-bond donors (Lipinski definition) is 1. The first-order valence-corrected chi connectivity index (χ1v) is 9.50. The van der Waals surface area contributed by atoms with Crippen molar-refractivity contribution in [2.75, 3.05) is 31.1 Å². The maximum Gasteiger partial charge on any atom is 0.223 e. The number of aromatic hydroxyl groups is 1. The second-order valence-corrected chi connectivity index (χ2v) is 7.51. The molecule has 1 aliphatic heterocycles. The molecule has 1 aliphatic carbocycles. The standard InChI is InChI=1S/C21H26N2O3/c1-15-14-19(15)20-8-6-18(26-20)7-9-21(25)23-12-10-22(11-13-23)16-2-4-17(24)5-3-16/h2-6,8,15,19,24H,7,9-14H2,1H3/t15-,19-/m1/s1. The minimum Gasteiger partial charge on any atom is -0.508 e. The van der Waals surface area contributed by atoms with E-state index >= 15 is 0 Å². The Morgan fingerprint density at radius 3 is 2.46 bits per heavy atom. The first-order chi connectivity index (χ1) is 12.6. The van der Waals surface area contributed by atoms with Crippen LogP contribution in [0.3, 0.4) is 0 Å². The van der Waals surface area contributed by atoms with Crippen LogP contribution in [0.25, 0.3) is 0 Å². The topological polar surface area (TPSA) is 56.9 Å². The smallest absolute Gasteiger partial charge is 0.223 e. The molecule has 26 heavy (non-hydrogen) atoms. The zero-order valence-electron chi connectivity index (χ0n) is 15.2. The molecular formula is C21H26N2O3. The molecule has 4 rings (SSSR count). The molecule has 2 aromatic rings. The Balaban J connectivity index is 1.24. The van der Waals surface area contributed by atoms with Crippen LogP contribution in [0.15, 0.2) is 40.8 Å². The normalized spacial score (nSPS) is 22.5. The third-order valence-electron chi connectivity index (χ3n) is 5.59. The number of carbonyl (C=O) groups is 1. The SMILES string of the molecule is C[C@@H]1C[C@H]1c1ccc(CCC(=O)N2CCN(c3ccc(O)cc3)CC2)o1. The molecule has 1 aromatic carbocycles. The van der Waals surface area contributed by atoms with Gasteiger partial charge in [-0.3, -0.25) is 4.79 Å². The average molecular weight is 354 g/mol. The first-order valence-electron chi connectivity index (χ1n) is 9.50. The largest absolute Gasteiger partial charge is 0.508 e. The third kappa shape index (κ3) is 3.71. The lowest BCUT2D eigenvalue weighted by Gasteiger charge is -2.36. The Morgan fingerprint density at radius 1 is 1.12 bits per heavy atom. The Bertz CT molecular complexity index is 760. The van der Waals surface area contributed by atoms with Gasteiger partial charge < -0.3 is 19.3 Å². The average Bonchev–Trinajstić information content (AvgIpc) is 3.20. The summed E-state index contributed by atoms with van der Waals surface area (Å²) in [6.07, 6.45) is 2.40. The van der Waals surface area contributed by atoms with Crippen LogP contribution in [0.5, 0.6) is 5.75 Å². The number of phenols is 1. The number of amides is 1. The van der Waals surface area contributed by atoms with Gasteiger partial charge in [0.1, 0.15) is 17.3 Å². The molecule has 2 atom stereocenters. The van der Waals surface area contributed by atoms with Crippen LogP contribution >= 0.6 is 0 Å². The summed E-state index contributed by atoms with van der Waals surface area (Å²) < 4.78 is 5.90. The van der Waals surface area contributed by atoms with E-state index in [-0.39, 0.29) is 11.7 Å². The van der Waals surface area contributed by atoms with E-state index in [4.69, 9.17) is 4.42 Å². The van der Waals surface area contributed by atoms with Crippen LogP contribution in [0.2, 0.25) is 0 Å². The molecule has 1 saturated heterocycles. The quantitative estimate of drug-likeness (QED) is 0.894. The lowest BCUT2D eigenvalue weighted by molar-refractivity contribution is -0.131. The predicted molar refractivity (Wildman–Crippen MR) is 100 cm³/mol. The molecule has 0 spiro atoms. The molecule has 5 heteroatoms. The zero-order chi connectivity index (χ0) is 18.1. The van der Waals surface area contributed by atoms with Gasteiger partial charge in [-0.05, 0) is 48.7 Å². The Kier molecular flexibility index (Phi) is 4.62. The Hall–Kier alpha value is -2.43. The van der Waals surface area contributed by atoms with Gasteiger partial charge in [-0.25, -0.2) is 0 Å². The van der Waals surface area contributed by atoms with E-state index in [1.54, 1.807) is 12.1 Å². The van der Waals surface area contributed by atoms with Crippen LogP contribution in [-0.2, 0) is 11.2 Å². The molecule has 2 fully saturated rings. The van der Waals surface area contributed by atoms with Crippen LogP contribution in [0.1, 0.15) is 37.2 Å². The van der Waals surface area contributed by atoms with E-state index < -0.39 is 0 Å². The Labute approximate surface area is 154 Å². The van der Waals surface area contributed by atoms with Crippen LogP contribution in [0, 0.1) is 5.92 Å². The van der Waals surface area contributed by atoms with Crippen LogP contribution < -0.4 is 4.90 Å². The van der Waals surface area contributed by atoms with E-state index in [2.05, 4.69) is 17.9 Å². The number of carbonyl (C=O) groups excluding carboxylic acids is 1. The van der Waals surface area contributed by atoms with Gasteiger partial charge in [0, 0.05) is 50.6 Å². The molecule has 1 amide bonds. The van der Waals surface area contributed by atoms with Crippen molar-refractivity contribution in [3.63, 3.8) is 0 Å². The summed E-state index contributed by atoms with van der Waals surface area (Å²) in [5, 5.41) is 9.39. The van der Waals surface area contributed by atoms with Gasteiger partial charge in [-0.2, -0.15) is 0 Å².